The average molecular weight is 415 g/mol. The van der Waals surface area contributed by atoms with Gasteiger partial charge in [0.2, 0.25) is 5.91 Å². The molecule has 0 spiro atoms. The van der Waals surface area contributed by atoms with Crippen LogP contribution in [0.2, 0.25) is 0 Å². The van der Waals surface area contributed by atoms with Crippen LogP contribution in [0.15, 0.2) is 46.9 Å². The summed E-state index contributed by atoms with van der Waals surface area (Å²) in [6, 6.07) is 11.8. The minimum Gasteiger partial charge on any atom is -0.495 e. The highest BCUT2D eigenvalue weighted by atomic mass is 32.2. The van der Waals surface area contributed by atoms with Crippen molar-refractivity contribution in [1.29, 1.82) is 0 Å². The van der Waals surface area contributed by atoms with Crippen LogP contribution in [0.3, 0.4) is 0 Å². The summed E-state index contributed by atoms with van der Waals surface area (Å²) in [6.07, 6.45) is 2.47. The fourth-order valence-electron chi connectivity index (χ4n) is 2.99. The van der Waals surface area contributed by atoms with Gasteiger partial charge in [-0.25, -0.2) is 0 Å². The van der Waals surface area contributed by atoms with Crippen LogP contribution in [0.5, 0.6) is 5.75 Å². The molecule has 1 aromatic carbocycles. The van der Waals surface area contributed by atoms with E-state index in [4.69, 9.17) is 4.74 Å². The zero-order chi connectivity index (χ0) is 19.5. The van der Waals surface area contributed by atoms with Gasteiger partial charge in [-0.1, -0.05) is 30.0 Å². The van der Waals surface area contributed by atoms with Crippen molar-refractivity contribution >= 4 is 29.0 Å². The number of nitrogens with zero attached hydrogens (tertiary/aromatic N) is 4. The molecule has 146 valence electrons. The number of hydrogen-bond donors (Lipinski definition) is 0. The lowest BCUT2D eigenvalue weighted by Gasteiger charge is -2.17. The van der Waals surface area contributed by atoms with E-state index in [0.29, 0.717) is 16.8 Å². The molecule has 1 aliphatic carbocycles. The number of carbonyl (C=O) groups excluding carboxylic acids is 1. The summed E-state index contributed by atoms with van der Waals surface area (Å²) >= 11 is 3.02. The van der Waals surface area contributed by atoms with Gasteiger partial charge >= 0.3 is 0 Å². The molecule has 0 radical (unpaired) electrons. The first-order valence-electron chi connectivity index (χ1n) is 9.17. The number of ether oxygens (including phenoxy) is 1. The fraction of sp³-hybridized carbons (Fsp3) is 0.350. The van der Waals surface area contributed by atoms with Crippen molar-refractivity contribution in [2.45, 2.75) is 18.0 Å². The highest BCUT2D eigenvalue weighted by molar-refractivity contribution is 7.99. The first-order chi connectivity index (χ1) is 13.7. The molecule has 8 heteroatoms. The van der Waals surface area contributed by atoms with E-state index in [1.54, 1.807) is 18.4 Å². The van der Waals surface area contributed by atoms with Gasteiger partial charge in [0, 0.05) is 13.6 Å². The van der Waals surface area contributed by atoms with E-state index < -0.39 is 0 Å². The Labute approximate surface area is 172 Å². The first kappa shape index (κ1) is 19.0. The quantitative estimate of drug-likeness (QED) is 0.522. The molecule has 2 aromatic heterocycles. The van der Waals surface area contributed by atoms with Gasteiger partial charge in [-0.3, -0.25) is 9.36 Å². The Morgan fingerprint density at radius 2 is 2.11 bits per heavy atom. The van der Waals surface area contributed by atoms with Crippen LogP contribution in [0.25, 0.3) is 16.4 Å². The number of rotatable bonds is 8. The first-order valence-corrected chi connectivity index (χ1v) is 11.0. The minimum absolute atomic E-state index is 0.115. The second kappa shape index (κ2) is 8.36. The lowest BCUT2D eigenvalue weighted by molar-refractivity contribution is -0.127. The number of hydrogen-bond acceptors (Lipinski definition) is 6. The number of benzene rings is 1. The van der Waals surface area contributed by atoms with E-state index in [-0.39, 0.29) is 5.91 Å². The van der Waals surface area contributed by atoms with E-state index in [2.05, 4.69) is 10.2 Å². The second-order valence-corrected chi connectivity index (χ2v) is 8.69. The van der Waals surface area contributed by atoms with Crippen molar-refractivity contribution in [1.82, 2.24) is 19.7 Å². The molecule has 0 bridgehead atoms. The molecule has 1 amide bonds. The standard InChI is InChI=1S/C20H22N4O2S2/c1-23(12-14-9-10-14)18(25)13-28-20-22-21-19(17-8-5-11-27-17)24(20)15-6-3-4-7-16(15)26-2/h3-8,11,14H,9-10,12-13H2,1-2H3. The van der Waals surface area contributed by atoms with E-state index in [1.807, 2.05) is 58.3 Å². The van der Waals surface area contributed by atoms with Gasteiger partial charge in [0.25, 0.3) is 0 Å². The van der Waals surface area contributed by atoms with Gasteiger partial charge in [0.05, 0.1) is 23.4 Å². The van der Waals surface area contributed by atoms with Crippen molar-refractivity contribution in [3.8, 4) is 22.1 Å². The van der Waals surface area contributed by atoms with Gasteiger partial charge in [-0.15, -0.1) is 21.5 Å². The van der Waals surface area contributed by atoms with Crippen LogP contribution in [0.1, 0.15) is 12.8 Å². The maximum Gasteiger partial charge on any atom is 0.232 e. The van der Waals surface area contributed by atoms with Gasteiger partial charge < -0.3 is 9.64 Å². The molecule has 0 aliphatic heterocycles. The summed E-state index contributed by atoms with van der Waals surface area (Å²) in [5, 5.41) is 11.5. The maximum atomic E-state index is 12.5. The summed E-state index contributed by atoms with van der Waals surface area (Å²) in [6.45, 7) is 0.846. The summed E-state index contributed by atoms with van der Waals surface area (Å²) in [5.74, 6) is 2.62. The minimum atomic E-state index is 0.115. The highest BCUT2D eigenvalue weighted by Crippen LogP contribution is 2.34. The van der Waals surface area contributed by atoms with Crippen LogP contribution in [-0.2, 0) is 4.79 Å². The largest absolute Gasteiger partial charge is 0.495 e. The number of aromatic nitrogens is 3. The predicted octanol–water partition coefficient (Wildman–Crippen LogP) is 3.96. The zero-order valence-corrected chi connectivity index (χ0v) is 17.5. The van der Waals surface area contributed by atoms with Crippen LogP contribution in [0, 0.1) is 5.92 Å². The molecule has 28 heavy (non-hydrogen) atoms. The lowest BCUT2D eigenvalue weighted by atomic mass is 10.3. The van der Waals surface area contributed by atoms with E-state index in [0.717, 1.165) is 28.7 Å². The van der Waals surface area contributed by atoms with Crippen molar-refractivity contribution in [3.63, 3.8) is 0 Å². The third kappa shape index (κ3) is 4.07. The molecular weight excluding hydrogens is 392 g/mol. The van der Waals surface area contributed by atoms with Crippen LogP contribution in [-0.4, -0.2) is 52.0 Å². The Bertz CT molecular complexity index is 951. The number of thioether (sulfide) groups is 1. The third-order valence-corrected chi connectivity index (χ3v) is 6.46. The molecule has 2 heterocycles. The zero-order valence-electron chi connectivity index (χ0n) is 15.9. The summed E-state index contributed by atoms with van der Waals surface area (Å²) in [4.78, 5) is 15.4. The van der Waals surface area contributed by atoms with Gasteiger partial charge in [-0.05, 0) is 42.3 Å². The van der Waals surface area contributed by atoms with Gasteiger partial charge in [-0.2, -0.15) is 0 Å². The number of amides is 1. The molecular formula is C20H22N4O2S2. The Morgan fingerprint density at radius 1 is 1.29 bits per heavy atom. The van der Waals surface area contributed by atoms with E-state index in [1.165, 1.54) is 24.6 Å². The molecule has 1 fully saturated rings. The SMILES string of the molecule is COc1ccccc1-n1c(SCC(=O)N(C)CC2CC2)nnc1-c1cccs1. The third-order valence-electron chi connectivity index (χ3n) is 4.68. The predicted molar refractivity (Wildman–Crippen MR) is 112 cm³/mol. The Kier molecular flexibility index (Phi) is 5.68. The molecule has 0 N–H and O–H groups in total. The Hall–Kier alpha value is -2.32. The Morgan fingerprint density at radius 3 is 2.82 bits per heavy atom. The van der Waals surface area contributed by atoms with E-state index >= 15 is 0 Å². The molecule has 0 saturated heterocycles. The van der Waals surface area contributed by atoms with Crippen molar-refractivity contribution in [2.24, 2.45) is 5.92 Å². The number of thiophene rings is 1. The normalized spacial score (nSPS) is 13.5. The summed E-state index contributed by atoms with van der Waals surface area (Å²) in [7, 11) is 3.53. The molecule has 1 aliphatic rings. The number of methoxy groups -OCH3 is 1. The van der Waals surface area contributed by atoms with Gasteiger partial charge in [0.15, 0.2) is 11.0 Å². The van der Waals surface area contributed by atoms with Crippen LogP contribution < -0.4 is 4.74 Å². The van der Waals surface area contributed by atoms with Gasteiger partial charge in [0.1, 0.15) is 5.75 Å². The molecule has 1 saturated carbocycles. The van der Waals surface area contributed by atoms with Crippen LogP contribution >= 0.6 is 23.1 Å². The highest BCUT2D eigenvalue weighted by Gasteiger charge is 2.25. The van der Waals surface area contributed by atoms with Crippen molar-refractivity contribution in [3.05, 3.63) is 41.8 Å². The molecule has 0 unspecified atom stereocenters. The Balaban J connectivity index is 1.63. The molecule has 4 rings (SSSR count). The number of para-hydroxylation sites is 2. The fourth-order valence-corrected chi connectivity index (χ4v) is 4.57. The van der Waals surface area contributed by atoms with E-state index in [9.17, 15) is 4.79 Å². The monoisotopic (exact) mass is 414 g/mol. The maximum absolute atomic E-state index is 12.5. The van der Waals surface area contributed by atoms with Crippen molar-refractivity contribution < 1.29 is 9.53 Å². The average Bonchev–Trinajstić information content (AvgIpc) is 3.20. The molecule has 6 nitrogen and oxygen atoms in total. The van der Waals surface area contributed by atoms with Crippen molar-refractivity contribution in [2.75, 3.05) is 26.5 Å². The topological polar surface area (TPSA) is 60.2 Å². The summed E-state index contributed by atoms with van der Waals surface area (Å²) < 4.78 is 7.53. The molecule has 3 aromatic rings. The second-order valence-electron chi connectivity index (χ2n) is 6.80. The number of carbonyl (C=O) groups is 1. The summed E-state index contributed by atoms with van der Waals surface area (Å²) in [5.41, 5.74) is 0.861. The smallest absolute Gasteiger partial charge is 0.232 e. The van der Waals surface area contributed by atoms with Crippen LogP contribution in [0.4, 0.5) is 0 Å². The molecule has 0 atom stereocenters. The lowest BCUT2D eigenvalue weighted by Crippen LogP contribution is -2.30.